The van der Waals surface area contributed by atoms with Crippen molar-refractivity contribution in [1.29, 1.82) is 0 Å². The zero-order valence-corrected chi connectivity index (χ0v) is 13.8. The highest BCUT2D eigenvalue weighted by Gasteiger charge is 2.05. The minimum Gasteiger partial charge on any atom is -0.250 e. The average molecular weight is 322 g/mol. The molecule has 1 aromatic heterocycles. The number of hydrogen-bond donors (Lipinski definition) is 1. The molecule has 5 heteroatoms. The maximum atomic E-state index is 5.28. The first-order chi connectivity index (χ1) is 11.3. The SMILES string of the molecule is CCc1ccc(/C=N\n2c(Cc3ccccc3)n[nH]c2=S)cc1. The van der Waals surface area contributed by atoms with Crippen molar-refractivity contribution in [2.45, 2.75) is 19.8 Å². The number of hydrogen-bond acceptors (Lipinski definition) is 3. The number of aryl methyl sites for hydroxylation is 1. The van der Waals surface area contributed by atoms with Gasteiger partial charge in [-0.1, -0.05) is 61.5 Å². The van der Waals surface area contributed by atoms with Gasteiger partial charge in [0.2, 0.25) is 4.77 Å². The van der Waals surface area contributed by atoms with Crippen LogP contribution in [-0.4, -0.2) is 21.1 Å². The van der Waals surface area contributed by atoms with Crippen molar-refractivity contribution in [1.82, 2.24) is 14.9 Å². The molecule has 3 aromatic rings. The van der Waals surface area contributed by atoms with Gasteiger partial charge in [0.25, 0.3) is 0 Å². The lowest BCUT2D eigenvalue weighted by atomic mass is 10.1. The van der Waals surface area contributed by atoms with Crippen molar-refractivity contribution in [3.8, 4) is 0 Å². The van der Waals surface area contributed by atoms with E-state index in [2.05, 4.69) is 58.6 Å². The molecule has 1 N–H and O–H groups in total. The monoisotopic (exact) mass is 322 g/mol. The summed E-state index contributed by atoms with van der Waals surface area (Å²) in [5.41, 5.74) is 3.52. The predicted octanol–water partition coefficient (Wildman–Crippen LogP) is 3.98. The van der Waals surface area contributed by atoms with Crippen molar-refractivity contribution in [2.75, 3.05) is 0 Å². The van der Waals surface area contributed by atoms with Crippen molar-refractivity contribution in [2.24, 2.45) is 5.10 Å². The van der Waals surface area contributed by atoms with Crippen molar-refractivity contribution >= 4 is 18.4 Å². The third-order valence-corrected chi connectivity index (χ3v) is 3.90. The molecular formula is C18H18N4S. The molecule has 0 unspecified atom stereocenters. The number of nitrogens with zero attached hydrogens (tertiary/aromatic N) is 3. The Bertz CT molecular complexity index is 845. The first-order valence-electron chi connectivity index (χ1n) is 7.60. The summed E-state index contributed by atoms with van der Waals surface area (Å²) in [7, 11) is 0. The second-order valence-corrected chi connectivity index (χ2v) is 5.65. The summed E-state index contributed by atoms with van der Waals surface area (Å²) in [4.78, 5) is 0. The van der Waals surface area contributed by atoms with Crippen LogP contribution >= 0.6 is 12.2 Å². The van der Waals surface area contributed by atoms with E-state index >= 15 is 0 Å². The quantitative estimate of drug-likeness (QED) is 0.570. The summed E-state index contributed by atoms with van der Waals surface area (Å²) >= 11 is 5.28. The minimum absolute atomic E-state index is 0.498. The van der Waals surface area contributed by atoms with Gasteiger partial charge in [-0.05, 0) is 35.3 Å². The van der Waals surface area contributed by atoms with Crippen LogP contribution < -0.4 is 0 Å². The van der Waals surface area contributed by atoms with Gasteiger partial charge >= 0.3 is 0 Å². The summed E-state index contributed by atoms with van der Waals surface area (Å²) in [6, 6.07) is 18.5. The Kier molecular flexibility index (Phi) is 4.78. The topological polar surface area (TPSA) is 46.0 Å². The average Bonchev–Trinajstić information content (AvgIpc) is 2.94. The van der Waals surface area contributed by atoms with Crippen LogP contribution in [-0.2, 0) is 12.8 Å². The fourth-order valence-corrected chi connectivity index (χ4v) is 2.50. The summed E-state index contributed by atoms with van der Waals surface area (Å²) in [5, 5.41) is 11.6. The molecule has 0 aliphatic rings. The van der Waals surface area contributed by atoms with E-state index in [4.69, 9.17) is 12.2 Å². The van der Waals surface area contributed by atoms with Crippen LogP contribution in [0.15, 0.2) is 59.7 Å². The Balaban J connectivity index is 1.83. The number of aromatic amines is 1. The fraction of sp³-hybridized carbons (Fsp3) is 0.167. The number of aromatic nitrogens is 3. The molecule has 1 heterocycles. The third-order valence-electron chi connectivity index (χ3n) is 3.63. The minimum atomic E-state index is 0.498. The standard InChI is InChI=1S/C18H18N4S/c1-2-14-8-10-16(11-9-14)13-19-22-17(20-21-18(22)23)12-15-6-4-3-5-7-15/h3-11,13H,2,12H2,1H3,(H,21,23)/b19-13-. The second kappa shape index (κ2) is 7.15. The smallest absolute Gasteiger partial charge is 0.216 e. The lowest BCUT2D eigenvalue weighted by molar-refractivity contribution is 0.792. The molecule has 116 valence electrons. The van der Waals surface area contributed by atoms with Crippen LogP contribution in [0.2, 0.25) is 0 Å². The predicted molar refractivity (Wildman–Crippen MR) is 95.5 cm³/mol. The first-order valence-corrected chi connectivity index (χ1v) is 8.00. The van der Waals surface area contributed by atoms with Crippen LogP contribution in [0.25, 0.3) is 0 Å². The Labute approximate surface area is 140 Å². The largest absolute Gasteiger partial charge is 0.250 e. The second-order valence-electron chi connectivity index (χ2n) is 5.26. The highest BCUT2D eigenvalue weighted by atomic mass is 32.1. The van der Waals surface area contributed by atoms with E-state index in [9.17, 15) is 0 Å². The fourth-order valence-electron chi connectivity index (χ4n) is 2.30. The molecule has 2 aromatic carbocycles. The van der Waals surface area contributed by atoms with Gasteiger partial charge in [-0.15, -0.1) is 0 Å². The maximum Gasteiger partial charge on any atom is 0.216 e. The van der Waals surface area contributed by atoms with E-state index in [1.165, 1.54) is 11.1 Å². The highest BCUT2D eigenvalue weighted by Crippen LogP contribution is 2.08. The van der Waals surface area contributed by atoms with Gasteiger partial charge in [-0.3, -0.25) is 5.10 Å². The van der Waals surface area contributed by atoms with E-state index in [0.29, 0.717) is 11.2 Å². The van der Waals surface area contributed by atoms with E-state index in [1.54, 1.807) is 10.9 Å². The number of H-pyrrole nitrogens is 1. The van der Waals surface area contributed by atoms with Crippen molar-refractivity contribution < 1.29 is 0 Å². The molecule has 0 aliphatic carbocycles. The van der Waals surface area contributed by atoms with Crippen molar-refractivity contribution in [3.63, 3.8) is 0 Å². The zero-order valence-electron chi connectivity index (χ0n) is 12.9. The summed E-state index contributed by atoms with van der Waals surface area (Å²) in [6.07, 6.45) is 3.52. The van der Waals surface area contributed by atoms with Crippen molar-refractivity contribution in [3.05, 3.63) is 81.9 Å². The molecular weight excluding hydrogens is 304 g/mol. The van der Waals surface area contributed by atoms with Gasteiger partial charge in [-0.25, -0.2) is 0 Å². The van der Waals surface area contributed by atoms with E-state index in [0.717, 1.165) is 17.8 Å². The molecule has 0 atom stereocenters. The van der Waals surface area contributed by atoms with E-state index < -0.39 is 0 Å². The molecule has 0 amide bonds. The molecule has 0 bridgehead atoms. The lowest BCUT2D eigenvalue weighted by Gasteiger charge is -2.01. The van der Waals surface area contributed by atoms with Gasteiger partial charge in [0.1, 0.15) is 0 Å². The molecule has 23 heavy (non-hydrogen) atoms. The van der Waals surface area contributed by atoms with Gasteiger partial charge in [-0.2, -0.15) is 14.9 Å². The van der Waals surface area contributed by atoms with Gasteiger partial charge in [0.05, 0.1) is 6.21 Å². The van der Waals surface area contributed by atoms with E-state index in [1.807, 2.05) is 18.2 Å². The van der Waals surface area contributed by atoms with Gasteiger partial charge in [0, 0.05) is 6.42 Å². The Morgan fingerprint density at radius 3 is 2.52 bits per heavy atom. The van der Waals surface area contributed by atoms with Crippen LogP contribution in [0.1, 0.15) is 29.4 Å². The Morgan fingerprint density at radius 2 is 1.83 bits per heavy atom. The van der Waals surface area contributed by atoms with E-state index in [-0.39, 0.29) is 0 Å². The normalized spacial score (nSPS) is 11.2. The molecule has 0 aliphatic heterocycles. The Morgan fingerprint density at radius 1 is 1.09 bits per heavy atom. The highest BCUT2D eigenvalue weighted by molar-refractivity contribution is 7.71. The third kappa shape index (κ3) is 3.81. The number of benzene rings is 2. The molecule has 0 fully saturated rings. The van der Waals surface area contributed by atoms with Crippen LogP contribution in [0.3, 0.4) is 0 Å². The van der Waals surface area contributed by atoms with Crippen LogP contribution in [0.5, 0.6) is 0 Å². The first kappa shape index (κ1) is 15.4. The molecule has 0 saturated heterocycles. The number of rotatable bonds is 5. The maximum absolute atomic E-state index is 5.28. The summed E-state index contributed by atoms with van der Waals surface area (Å²) < 4.78 is 2.17. The number of nitrogens with one attached hydrogen (secondary N) is 1. The van der Waals surface area contributed by atoms with Crippen LogP contribution in [0.4, 0.5) is 0 Å². The van der Waals surface area contributed by atoms with Gasteiger partial charge in [0.15, 0.2) is 5.82 Å². The molecule has 4 nitrogen and oxygen atoms in total. The molecule has 0 saturated carbocycles. The molecule has 3 rings (SSSR count). The zero-order chi connectivity index (χ0) is 16.1. The van der Waals surface area contributed by atoms with Crippen LogP contribution in [0, 0.1) is 4.77 Å². The lowest BCUT2D eigenvalue weighted by Crippen LogP contribution is -2.00. The molecule has 0 spiro atoms. The summed E-state index contributed by atoms with van der Waals surface area (Å²) in [6.45, 7) is 2.14. The molecule has 0 radical (unpaired) electrons. The summed E-state index contributed by atoms with van der Waals surface area (Å²) in [5.74, 6) is 0.794. The Hall–Kier alpha value is -2.53. The van der Waals surface area contributed by atoms with Gasteiger partial charge < -0.3 is 0 Å².